The Labute approximate surface area is 231 Å². The summed E-state index contributed by atoms with van der Waals surface area (Å²) in [5.74, 6) is -1.08. The standard InChI is InChI=1S/C30H29F2N5O3/c1-20-7-9-23(40-16-13-37-11-14-39-15-12-37)18-27(20)34-29(38)22-8-10-26(24(31)17-22)35-30-33-19-25(32)28(36-30)21-5-3-2-4-6-21/h2-10,17-19H,11-16H2,1H3,(H,34,38)(H,33,35,36). The topological polar surface area (TPSA) is 88.6 Å². The molecule has 40 heavy (non-hydrogen) atoms. The van der Waals surface area contributed by atoms with Gasteiger partial charge >= 0.3 is 0 Å². The minimum atomic E-state index is -0.682. The van der Waals surface area contributed by atoms with Crippen molar-refractivity contribution < 1.29 is 23.0 Å². The third-order valence-corrected chi connectivity index (χ3v) is 6.51. The molecule has 2 N–H and O–H groups in total. The van der Waals surface area contributed by atoms with Crippen molar-refractivity contribution in [3.63, 3.8) is 0 Å². The molecule has 1 aliphatic heterocycles. The summed E-state index contributed by atoms with van der Waals surface area (Å²) in [7, 11) is 0. The SMILES string of the molecule is Cc1ccc(OCCN2CCOCC2)cc1NC(=O)c1ccc(Nc2ncc(F)c(-c3ccccc3)n2)c(F)c1. The van der Waals surface area contributed by atoms with E-state index >= 15 is 0 Å². The van der Waals surface area contributed by atoms with Crippen molar-refractivity contribution >= 4 is 23.2 Å². The average Bonchev–Trinajstić information content (AvgIpc) is 2.97. The molecule has 1 aromatic heterocycles. The molecule has 0 aliphatic carbocycles. The van der Waals surface area contributed by atoms with Crippen LogP contribution in [0.15, 0.2) is 72.9 Å². The van der Waals surface area contributed by atoms with Gasteiger partial charge in [0.05, 0.1) is 25.1 Å². The molecule has 5 rings (SSSR count). The molecule has 3 aromatic carbocycles. The van der Waals surface area contributed by atoms with Gasteiger partial charge in [0, 0.05) is 42.5 Å². The molecule has 206 valence electrons. The number of amides is 1. The second-order valence-electron chi connectivity index (χ2n) is 9.31. The second kappa shape index (κ2) is 12.6. The van der Waals surface area contributed by atoms with Crippen molar-refractivity contribution in [2.24, 2.45) is 0 Å². The van der Waals surface area contributed by atoms with Gasteiger partial charge in [-0.2, -0.15) is 0 Å². The molecule has 0 atom stereocenters. The number of carbonyl (C=O) groups is 1. The lowest BCUT2D eigenvalue weighted by Gasteiger charge is -2.26. The van der Waals surface area contributed by atoms with Crippen LogP contribution >= 0.6 is 0 Å². The van der Waals surface area contributed by atoms with Crippen LogP contribution in [0.4, 0.5) is 26.1 Å². The molecule has 1 aliphatic rings. The Kier molecular flexibility index (Phi) is 8.58. The van der Waals surface area contributed by atoms with Crippen LogP contribution in [0.1, 0.15) is 15.9 Å². The monoisotopic (exact) mass is 545 g/mol. The normalized spacial score (nSPS) is 13.6. The smallest absolute Gasteiger partial charge is 0.255 e. The highest BCUT2D eigenvalue weighted by molar-refractivity contribution is 6.05. The highest BCUT2D eigenvalue weighted by Gasteiger charge is 2.15. The van der Waals surface area contributed by atoms with Crippen LogP contribution in [0.2, 0.25) is 0 Å². The van der Waals surface area contributed by atoms with Crippen molar-refractivity contribution in [2.45, 2.75) is 6.92 Å². The van der Waals surface area contributed by atoms with Gasteiger partial charge in [-0.3, -0.25) is 9.69 Å². The quantitative estimate of drug-likeness (QED) is 0.290. The molecule has 4 aromatic rings. The Morgan fingerprint density at radius 2 is 1.80 bits per heavy atom. The first kappa shape index (κ1) is 27.2. The minimum absolute atomic E-state index is 0.0254. The van der Waals surface area contributed by atoms with Crippen LogP contribution < -0.4 is 15.4 Å². The molecule has 1 fully saturated rings. The number of rotatable bonds is 9. The number of halogens is 2. The number of ether oxygens (including phenoxy) is 2. The lowest BCUT2D eigenvalue weighted by molar-refractivity contribution is 0.0322. The Balaban J connectivity index is 1.23. The van der Waals surface area contributed by atoms with Gasteiger partial charge in [-0.05, 0) is 36.8 Å². The molecule has 1 saturated heterocycles. The molecule has 0 radical (unpaired) electrons. The summed E-state index contributed by atoms with van der Waals surface area (Å²) in [5.41, 5.74) is 2.26. The minimum Gasteiger partial charge on any atom is -0.492 e. The number of nitrogens with zero attached hydrogens (tertiary/aromatic N) is 3. The van der Waals surface area contributed by atoms with E-state index in [1.807, 2.05) is 25.1 Å². The van der Waals surface area contributed by atoms with Crippen molar-refractivity contribution in [1.82, 2.24) is 14.9 Å². The zero-order valence-electron chi connectivity index (χ0n) is 22.0. The zero-order chi connectivity index (χ0) is 27.9. The van der Waals surface area contributed by atoms with Gasteiger partial charge in [-0.15, -0.1) is 0 Å². The zero-order valence-corrected chi connectivity index (χ0v) is 22.0. The number of carbonyl (C=O) groups excluding carboxylic acids is 1. The van der Waals surface area contributed by atoms with Crippen LogP contribution in [0.3, 0.4) is 0 Å². The van der Waals surface area contributed by atoms with Crippen LogP contribution in [0.5, 0.6) is 5.75 Å². The fourth-order valence-corrected chi connectivity index (χ4v) is 4.24. The van der Waals surface area contributed by atoms with E-state index in [1.54, 1.807) is 30.3 Å². The molecule has 1 amide bonds. The Morgan fingerprint density at radius 3 is 2.58 bits per heavy atom. The predicted octanol–water partition coefficient (Wildman–Crippen LogP) is 5.44. The maximum absolute atomic E-state index is 15.0. The Bertz CT molecular complexity index is 1480. The van der Waals surface area contributed by atoms with E-state index in [-0.39, 0.29) is 22.9 Å². The van der Waals surface area contributed by atoms with Crippen molar-refractivity contribution in [3.8, 4) is 17.0 Å². The summed E-state index contributed by atoms with van der Waals surface area (Å²) in [5, 5.41) is 5.60. The van der Waals surface area contributed by atoms with E-state index in [4.69, 9.17) is 9.47 Å². The molecule has 2 heterocycles. The van der Waals surface area contributed by atoms with E-state index in [2.05, 4.69) is 25.5 Å². The number of anilines is 3. The van der Waals surface area contributed by atoms with E-state index in [1.165, 1.54) is 12.1 Å². The first-order valence-corrected chi connectivity index (χ1v) is 13.0. The summed E-state index contributed by atoms with van der Waals surface area (Å²) in [4.78, 5) is 23.3. The number of nitrogens with one attached hydrogen (secondary N) is 2. The summed E-state index contributed by atoms with van der Waals surface area (Å²) in [6.45, 7) is 6.40. The molecular weight excluding hydrogens is 516 g/mol. The number of morpholine rings is 1. The van der Waals surface area contributed by atoms with Gasteiger partial charge in [-0.25, -0.2) is 18.7 Å². The van der Waals surface area contributed by atoms with Gasteiger partial charge in [0.25, 0.3) is 5.91 Å². The number of aryl methyl sites for hydroxylation is 1. The van der Waals surface area contributed by atoms with Crippen LogP contribution in [0, 0.1) is 18.6 Å². The van der Waals surface area contributed by atoms with Crippen molar-refractivity contribution in [1.29, 1.82) is 0 Å². The number of hydrogen-bond donors (Lipinski definition) is 2. The van der Waals surface area contributed by atoms with Gasteiger partial charge in [0.1, 0.15) is 23.9 Å². The summed E-state index contributed by atoms with van der Waals surface area (Å²) >= 11 is 0. The third-order valence-electron chi connectivity index (χ3n) is 6.51. The molecule has 0 spiro atoms. The fraction of sp³-hybridized carbons (Fsp3) is 0.233. The number of aromatic nitrogens is 2. The van der Waals surface area contributed by atoms with Crippen molar-refractivity contribution in [2.75, 3.05) is 50.1 Å². The highest BCUT2D eigenvalue weighted by atomic mass is 19.1. The first-order valence-electron chi connectivity index (χ1n) is 13.0. The Morgan fingerprint density at radius 1 is 1.00 bits per heavy atom. The molecule has 0 unspecified atom stereocenters. The Hall–Kier alpha value is -4.41. The van der Waals surface area contributed by atoms with Crippen LogP contribution in [0.25, 0.3) is 11.3 Å². The van der Waals surface area contributed by atoms with Crippen LogP contribution in [-0.4, -0.2) is 60.2 Å². The molecule has 0 bridgehead atoms. The van der Waals surface area contributed by atoms with E-state index in [0.717, 1.165) is 50.7 Å². The van der Waals surface area contributed by atoms with Gasteiger partial charge in [0.15, 0.2) is 5.82 Å². The number of hydrogen-bond acceptors (Lipinski definition) is 7. The maximum atomic E-state index is 15.0. The summed E-state index contributed by atoms with van der Waals surface area (Å²) < 4.78 is 40.5. The van der Waals surface area contributed by atoms with Gasteiger partial charge < -0.3 is 20.1 Å². The molecule has 0 saturated carbocycles. The first-order chi connectivity index (χ1) is 19.5. The fourth-order valence-electron chi connectivity index (χ4n) is 4.24. The third kappa shape index (κ3) is 6.77. The summed E-state index contributed by atoms with van der Waals surface area (Å²) in [6.07, 6.45) is 1.03. The van der Waals surface area contributed by atoms with Gasteiger partial charge in [-0.1, -0.05) is 36.4 Å². The molecular formula is C30H29F2N5O3. The van der Waals surface area contributed by atoms with E-state index in [0.29, 0.717) is 23.6 Å². The lowest BCUT2D eigenvalue weighted by Crippen LogP contribution is -2.38. The van der Waals surface area contributed by atoms with E-state index < -0.39 is 17.5 Å². The largest absolute Gasteiger partial charge is 0.492 e. The van der Waals surface area contributed by atoms with Gasteiger partial charge in [0.2, 0.25) is 5.95 Å². The lowest BCUT2D eigenvalue weighted by atomic mass is 10.1. The maximum Gasteiger partial charge on any atom is 0.255 e. The van der Waals surface area contributed by atoms with Crippen molar-refractivity contribution in [3.05, 3.63) is 95.7 Å². The average molecular weight is 546 g/mol. The van der Waals surface area contributed by atoms with Crippen LogP contribution in [-0.2, 0) is 4.74 Å². The summed E-state index contributed by atoms with van der Waals surface area (Å²) in [6, 6.07) is 18.3. The van der Waals surface area contributed by atoms with E-state index in [9.17, 15) is 13.6 Å². The second-order valence-corrected chi connectivity index (χ2v) is 9.31. The number of benzene rings is 3. The molecule has 8 nitrogen and oxygen atoms in total. The predicted molar refractivity (Wildman–Crippen MR) is 149 cm³/mol. The highest BCUT2D eigenvalue weighted by Crippen LogP contribution is 2.26. The molecule has 10 heteroatoms.